The molecule has 0 radical (unpaired) electrons. The molecule has 0 aliphatic heterocycles. The van der Waals surface area contributed by atoms with E-state index in [1.54, 1.807) is 0 Å². The average Bonchev–Trinajstić information content (AvgIpc) is 2.47. The SMILES string of the molecule is CCC(C)CN(CC)CC1(CNC(C)C)CCC(C)CC1. The molecule has 1 atom stereocenters. The van der Waals surface area contributed by atoms with Crippen LogP contribution in [0.4, 0.5) is 0 Å². The van der Waals surface area contributed by atoms with Gasteiger partial charge in [0.15, 0.2) is 0 Å². The van der Waals surface area contributed by atoms with Gasteiger partial charge in [0.2, 0.25) is 0 Å². The first-order valence-corrected chi connectivity index (χ1v) is 9.36. The Bertz CT molecular complexity index is 267. The highest BCUT2D eigenvalue weighted by Crippen LogP contribution is 2.39. The van der Waals surface area contributed by atoms with Gasteiger partial charge in [-0.05, 0) is 36.6 Å². The number of nitrogens with zero attached hydrogens (tertiary/aromatic N) is 1. The van der Waals surface area contributed by atoms with Crippen molar-refractivity contribution in [3.63, 3.8) is 0 Å². The van der Waals surface area contributed by atoms with Crippen LogP contribution in [-0.2, 0) is 0 Å². The van der Waals surface area contributed by atoms with E-state index in [1.165, 1.54) is 58.3 Å². The molecule has 1 rings (SSSR count). The van der Waals surface area contributed by atoms with E-state index in [4.69, 9.17) is 0 Å². The Morgan fingerprint density at radius 1 is 1.14 bits per heavy atom. The zero-order chi connectivity index (χ0) is 15.9. The minimum absolute atomic E-state index is 0.514. The molecule has 0 aromatic carbocycles. The maximum Gasteiger partial charge on any atom is 0.00501 e. The number of nitrogens with one attached hydrogen (secondary N) is 1. The minimum Gasteiger partial charge on any atom is -0.314 e. The van der Waals surface area contributed by atoms with E-state index in [0.717, 1.165) is 11.8 Å². The smallest absolute Gasteiger partial charge is 0.00501 e. The van der Waals surface area contributed by atoms with Gasteiger partial charge in [-0.1, -0.05) is 60.8 Å². The Morgan fingerprint density at radius 2 is 1.76 bits per heavy atom. The van der Waals surface area contributed by atoms with Crippen molar-refractivity contribution in [1.82, 2.24) is 10.2 Å². The van der Waals surface area contributed by atoms with E-state index in [1.807, 2.05) is 0 Å². The van der Waals surface area contributed by atoms with E-state index in [2.05, 4.69) is 51.8 Å². The van der Waals surface area contributed by atoms with Crippen molar-refractivity contribution < 1.29 is 0 Å². The monoisotopic (exact) mass is 296 g/mol. The van der Waals surface area contributed by atoms with E-state index in [9.17, 15) is 0 Å². The summed E-state index contributed by atoms with van der Waals surface area (Å²) in [6.45, 7) is 19.0. The minimum atomic E-state index is 0.514. The second kappa shape index (κ2) is 9.15. The van der Waals surface area contributed by atoms with Crippen molar-refractivity contribution >= 4 is 0 Å². The molecule has 0 saturated heterocycles. The van der Waals surface area contributed by atoms with Crippen molar-refractivity contribution in [2.45, 2.75) is 79.7 Å². The lowest BCUT2D eigenvalue weighted by atomic mass is 9.70. The molecule has 0 amide bonds. The van der Waals surface area contributed by atoms with Crippen LogP contribution in [0.3, 0.4) is 0 Å². The van der Waals surface area contributed by atoms with Crippen LogP contribution in [0.2, 0.25) is 0 Å². The van der Waals surface area contributed by atoms with Crippen LogP contribution in [0.1, 0.15) is 73.6 Å². The van der Waals surface area contributed by atoms with Gasteiger partial charge in [0.1, 0.15) is 0 Å². The predicted octanol–water partition coefficient (Wildman–Crippen LogP) is 4.55. The lowest BCUT2D eigenvalue weighted by Crippen LogP contribution is -2.48. The van der Waals surface area contributed by atoms with Gasteiger partial charge in [0, 0.05) is 25.7 Å². The summed E-state index contributed by atoms with van der Waals surface area (Å²) in [4.78, 5) is 2.71. The average molecular weight is 297 g/mol. The molecule has 0 bridgehead atoms. The van der Waals surface area contributed by atoms with Crippen LogP contribution >= 0.6 is 0 Å². The highest BCUT2D eigenvalue weighted by molar-refractivity contribution is 4.90. The third-order valence-electron chi connectivity index (χ3n) is 5.49. The van der Waals surface area contributed by atoms with Gasteiger partial charge in [0.05, 0.1) is 0 Å². The molecule has 2 nitrogen and oxygen atoms in total. The van der Waals surface area contributed by atoms with Crippen molar-refractivity contribution in [3.8, 4) is 0 Å². The molecule has 0 spiro atoms. The molecule has 126 valence electrons. The molecule has 0 aromatic heterocycles. The molecule has 2 heteroatoms. The highest BCUT2D eigenvalue weighted by Gasteiger charge is 2.35. The molecule has 1 N–H and O–H groups in total. The Balaban J connectivity index is 2.66. The standard InChI is InChI=1S/C19H40N2/c1-7-17(5)13-21(8-2)15-19(14-20-16(3)4)11-9-18(6)10-12-19/h16-18,20H,7-15H2,1-6H3. The summed E-state index contributed by atoms with van der Waals surface area (Å²) >= 11 is 0. The van der Waals surface area contributed by atoms with Crippen molar-refractivity contribution in [1.29, 1.82) is 0 Å². The molecule has 1 unspecified atom stereocenters. The van der Waals surface area contributed by atoms with Crippen LogP contribution < -0.4 is 5.32 Å². The summed E-state index contributed by atoms with van der Waals surface area (Å²) in [6.07, 6.45) is 6.95. The predicted molar refractivity (Wildman–Crippen MR) is 94.8 cm³/mol. The third kappa shape index (κ3) is 6.69. The van der Waals surface area contributed by atoms with Crippen molar-refractivity contribution in [2.24, 2.45) is 17.3 Å². The normalized spacial score (nSPS) is 28.3. The lowest BCUT2D eigenvalue weighted by molar-refractivity contribution is 0.0795. The second-order valence-electron chi connectivity index (χ2n) is 8.06. The van der Waals surface area contributed by atoms with E-state index >= 15 is 0 Å². The second-order valence-corrected chi connectivity index (χ2v) is 8.06. The Kier molecular flexibility index (Phi) is 8.26. The maximum atomic E-state index is 3.74. The zero-order valence-electron chi connectivity index (χ0n) is 15.5. The van der Waals surface area contributed by atoms with Gasteiger partial charge in [-0.3, -0.25) is 0 Å². The van der Waals surface area contributed by atoms with Crippen LogP contribution in [0.5, 0.6) is 0 Å². The quantitative estimate of drug-likeness (QED) is 0.671. The fraction of sp³-hybridized carbons (Fsp3) is 1.00. The summed E-state index contributed by atoms with van der Waals surface area (Å²) in [5, 5.41) is 3.74. The molecule has 1 aliphatic carbocycles. The van der Waals surface area contributed by atoms with Gasteiger partial charge in [-0.25, -0.2) is 0 Å². The van der Waals surface area contributed by atoms with Crippen molar-refractivity contribution in [2.75, 3.05) is 26.2 Å². The van der Waals surface area contributed by atoms with Gasteiger partial charge < -0.3 is 10.2 Å². The largest absolute Gasteiger partial charge is 0.314 e. The summed E-state index contributed by atoms with van der Waals surface area (Å²) < 4.78 is 0. The lowest BCUT2D eigenvalue weighted by Gasteiger charge is -2.44. The number of rotatable bonds is 9. The van der Waals surface area contributed by atoms with Gasteiger partial charge in [-0.2, -0.15) is 0 Å². The van der Waals surface area contributed by atoms with Crippen LogP contribution in [0.15, 0.2) is 0 Å². The molecular formula is C19H40N2. The first-order valence-electron chi connectivity index (χ1n) is 9.36. The van der Waals surface area contributed by atoms with Crippen LogP contribution in [0.25, 0.3) is 0 Å². The Hall–Kier alpha value is -0.0800. The number of hydrogen-bond donors (Lipinski definition) is 1. The topological polar surface area (TPSA) is 15.3 Å². The molecular weight excluding hydrogens is 256 g/mol. The summed E-state index contributed by atoms with van der Waals surface area (Å²) in [5.41, 5.74) is 0.514. The van der Waals surface area contributed by atoms with Gasteiger partial charge in [-0.15, -0.1) is 0 Å². The highest BCUT2D eigenvalue weighted by atomic mass is 15.1. The molecule has 1 saturated carbocycles. The molecule has 0 aromatic rings. The van der Waals surface area contributed by atoms with E-state index in [0.29, 0.717) is 11.5 Å². The van der Waals surface area contributed by atoms with Gasteiger partial charge in [0.25, 0.3) is 0 Å². The third-order valence-corrected chi connectivity index (χ3v) is 5.49. The van der Waals surface area contributed by atoms with Crippen LogP contribution in [0, 0.1) is 17.3 Å². The fourth-order valence-electron chi connectivity index (χ4n) is 3.54. The number of hydrogen-bond acceptors (Lipinski definition) is 2. The Morgan fingerprint density at radius 3 is 2.24 bits per heavy atom. The summed E-state index contributed by atoms with van der Waals surface area (Å²) in [6, 6.07) is 0.603. The molecule has 0 heterocycles. The van der Waals surface area contributed by atoms with E-state index < -0.39 is 0 Å². The Labute approximate surface area is 134 Å². The summed E-state index contributed by atoms with van der Waals surface area (Å²) in [5.74, 6) is 1.75. The zero-order valence-corrected chi connectivity index (χ0v) is 15.5. The molecule has 21 heavy (non-hydrogen) atoms. The van der Waals surface area contributed by atoms with Crippen LogP contribution in [-0.4, -0.2) is 37.1 Å². The van der Waals surface area contributed by atoms with Gasteiger partial charge >= 0.3 is 0 Å². The first kappa shape index (κ1) is 19.0. The van der Waals surface area contributed by atoms with Crippen molar-refractivity contribution in [3.05, 3.63) is 0 Å². The fourth-order valence-corrected chi connectivity index (χ4v) is 3.54. The van der Waals surface area contributed by atoms with E-state index in [-0.39, 0.29) is 0 Å². The maximum absolute atomic E-state index is 3.74. The first-order chi connectivity index (χ1) is 9.90. The molecule has 1 aliphatic rings. The molecule has 1 fully saturated rings. The summed E-state index contributed by atoms with van der Waals surface area (Å²) in [7, 11) is 0.